The maximum atomic E-state index is 12.8. The molecule has 31 heavy (non-hydrogen) atoms. The van der Waals surface area contributed by atoms with Crippen LogP contribution in [0.15, 0.2) is 12.2 Å². The maximum Gasteiger partial charge on any atom is 0.511 e. The number of esters is 2. The summed E-state index contributed by atoms with van der Waals surface area (Å²) in [6, 6.07) is 0.849. The van der Waals surface area contributed by atoms with Gasteiger partial charge in [0.15, 0.2) is 0 Å². The third-order valence-corrected chi connectivity index (χ3v) is 4.39. The first-order valence-corrected chi connectivity index (χ1v) is 9.64. The monoisotopic (exact) mass is 455 g/mol. The van der Waals surface area contributed by atoms with Gasteiger partial charge < -0.3 is 24.3 Å². The van der Waals surface area contributed by atoms with Crippen molar-refractivity contribution in [1.82, 2.24) is 10.4 Å². The third-order valence-electron chi connectivity index (χ3n) is 4.13. The van der Waals surface area contributed by atoms with E-state index in [4.69, 9.17) is 36.5 Å². The molecular weight excluding hydrogens is 434 g/mol. The molecule has 0 aromatic heterocycles. The molecule has 0 aromatic carbocycles. The molecule has 2 unspecified atom stereocenters. The molecule has 0 aromatic rings. The minimum atomic E-state index is -2.19. The van der Waals surface area contributed by atoms with E-state index >= 15 is 0 Å². The summed E-state index contributed by atoms with van der Waals surface area (Å²) in [5, 5.41) is 12.1. The van der Waals surface area contributed by atoms with E-state index in [0.717, 1.165) is 0 Å². The van der Waals surface area contributed by atoms with Crippen LogP contribution in [-0.4, -0.2) is 65.3 Å². The molecule has 0 bridgehead atoms. The summed E-state index contributed by atoms with van der Waals surface area (Å²) in [6.07, 6.45) is -2.82. The lowest BCUT2D eigenvalue weighted by atomic mass is 10.1. The van der Waals surface area contributed by atoms with Crippen molar-refractivity contribution in [3.63, 3.8) is 0 Å². The first-order chi connectivity index (χ1) is 14.6. The number of thiocarbonyl (C=S) groups is 1. The average molecular weight is 455 g/mol. The molecular formula is C18H21N3O9S. The molecule has 0 saturated carbocycles. The van der Waals surface area contributed by atoms with Crippen LogP contribution in [0.3, 0.4) is 0 Å². The van der Waals surface area contributed by atoms with Gasteiger partial charge in [-0.15, -0.1) is 0 Å². The number of nitrogens with zero attached hydrogens (tertiary/aromatic N) is 2. The van der Waals surface area contributed by atoms with Gasteiger partial charge in [-0.1, -0.05) is 18.8 Å². The summed E-state index contributed by atoms with van der Waals surface area (Å²) >= 11 is 5.09. The Morgan fingerprint density at radius 1 is 1.45 bits per heavy atom. The van der Waals surface area contributed by atoms with E-state index in [1.54, 1.807) is 6.92 Å². The highest BCUT2D eigenvalue weighted by Crippen LogP contribution is 2.35. The SMILES string of the molecule is C=C(C#N)CC(=S)N[C@H]1CON(C2(C(=O)OC(C)OC(=O)OCC)CCC(=O)O2)C1=O. The van der Waals surface area contributed by atoms with Gasteiger partial charge in [-0.3, -0.25) is 14.4 Å². The molecule has 12 nitrogen and oxygen atoms in total. The quantitative estimate of drug-likeness (QED) is 0.179. The predicted octanol–water partition coefficient (Wildman–Crippen LogP) is 0.611. The van der Waals surface area contributed by atoms with Crippen molar-refractivity contribution in [1.29, 1.82) is 5.26 Å². The van der Waals surface area contributed by atoms with Gasteiger partial charge in [0.2, 0.25) is 6.29 Å². The van der Waals surface area contributed by atoms with E-state index in [1.807, 2.05) is 6.07 Å². The van der Waals surface area contributed by atoms with Crippen LogP contribution in [0.5, 0.6) is 0 Å². The Morgan fingerprint density at radius 3 is 2.74 bits per heavy atom. The summed E-state index contributed by atoms with van der Waals surface area (Å²) in [4.78, 5) is 54.3. The molecule has 2 aliphatic rings. The lowest BCUT2D eigenvalue weighted by molar-refractivity contribution is -0.265. The van der Waals surface area contributed by atoms with Gasteiger partial charge in [0.05, 0.1) is 24.1 Å². The number of nitriles is 1. The minimum absolute atomic E-state index is 0.0422. The zero-order valence-corrected chi connectivity index (χ0v) is 17.7. The second-order valence-electron chi connectivity index (χ2n) is 6.47. The van der Waals surface area contributed by atoms with Crippen LogP contribution < -0.4 is 5.32 Å². The predicted molar refractivity (Wildman–Crippen MR) is 103 cm³/mol. The molecule has 13 heteroatoms. The van der Waals surface area contributed by atoms with Gasteiger partial charge in [-0.2, -0.15) is 10.3 Å². The standard InChI is InChI=1S/C18H21N3O9S/c1-4-26-17(25)29-11(3)28-16(24)18(6-5-14(22)30-18)21-15(23)12(9-27-21)20-13(31)7-10(2)8-19/h11-12H,2,4-7,9H2,1,3H3,(H,20,31)/t11?,12-,18?/m0/s1. The molecule has 1 amide bonds. The first kappa shape index (κ1) is 24.0. The third kappa shape index (κ3) is 5.68. The lowest BCUT2D eigenvalue weighted by Gasteiger charge is -2.33. The number of rotatable bonds is 8. The van der Waals surface area contributed by atoms with Gasteiger partial charge in [0.25, 0.3) is 5.91 Å². The molecule has 2 aliphatic heterocycles. The largest absolute Gasteiger partial charge is 0.511 e. The number of carbonyl (C=O) groups is 4. The van der Waals surface area contributed by atoms with Crippen molar-refractivity contribution in [3.05, 3.63) is 12.2 Å². The van der Waals surface area contributed by atoms with Crippen LogP contribution in [0, 0.1) is 11.3 Å². The fraction of sp³-hybridized carbons (Fsp3) is 0.556. The molecule has 0 spiro atoms. The Morgan fingerprint density at radius 2 is 2.16 bits per heavy atom. The highest BCUT2D eigenvalue weighted by atomic mass is 32.1. The fourth-order valence-electron chi connectivity index (χ4n) is 2.78. The molecule has 2 heterocycles. The van der Waals surface area contributed by atoms with Crippen molar-refractivity contribution < 1.29 is 43.0 Å². The van der Waals surface area contributed by atoms with Gasteiger partial charge >= 0.3 is 23.8 Å². The summed E-state index contributed by atoms with van der Waals surface area (Å²) < 4.78 is 19.5. The highest BCUT2D eigenvalue weighted by molar-refractivity contribution is 7.80. The van der Waals surface area contributed by atoms with Crippen molar-refractivity contribution in [2.75, 3.05) is 13.2 Å². The van der Waals surface area contributed by atoms with Gasteiger partial charge in [-0.25, -0.2) is 9.59 Å². The van der Waals surface area contributed by atoms with Crippen LogP contribution in [0.2, 0.25) is 0 Å². The number of cyclic esters (lactones) is 1. The first-order valence-electron chi connectivity index (χ1n) is 9.23. The number of amides is 1. The van der Waals surface area contributed by atoms with E-state index in [2.05, 4.69) is 16.6 Å². The Balaban J connectivity index is 2.10. The Bertz CT molecular complexity index is 840. The molecule has 2 fully saturated rings. The van der Waals surface area contributed by atoms with E-state index < -0.39 is 42.1 Å². The second-order valence-corrected chi connectivity index (χ2v) is 6.97. The van der Waals surface area contributed by atoms with Crippen LogP contribution in [0.1, 0.15) is 33.1 Å². The van der Waals surface area contributed by atoms with Crippen LogP contribution in [0.4, 0.5) is 4.79 Å². The minimum Gasteiger partial charge on any atom is -0.435 e. The molecule has 2 rings (SSSR count). The topological polar surface area (TPSA) is 153 Å². The van der Waals surface area contributed by atoms with Crippen molar-refractivity contribution >= 4 is 41.2 Å². The fourth-order valence-corrected chi connectivity index (χ4v) is 3.09. The Kier molecular flexibility index (Phi) is 7.89. The van der Waals surface area contributed by atoms with E-state index in [9.17, 15) is 19.2 Å². The van der Waals surface area contributed by atoms with E-state index in [0.29, 0.717) is 5.06 Å². The molecule has 1 N–H and O–H groups in total. The van der Waals surface area contributed by atoms with Gasteiger partial charge in [-0.05, 0) is 6.92 Å². The van der Waals surface area contributed by atoms with E-state index in [1.165, 1.54) is 6.92 Å². The van der Waals surface area contributed by atoms with Crippen molar-refractivity contribution in [2.45, 2.75) is 51.2 Å². The normalized spacial score (nSPS) is 23.4. The number of carbonyl (C=O) groups excluding carboxylic acids is 4. The molecule has 168 valence electrons. The van der Waals surface area contributed by atoms with Crippen molar-refractivity contribution in [3.8, 4) is 6.07 Å². The number of nitrogens with one attached hydrogen (secondary N) is 1. The number of hydrogen-bond acceptors (Lipinski definition) is 11. The number of hydrogen-bond donors (Lipinski definition) is 1. The number of ether oxygens (including phenoxy) is 4. The van der Waals surface area contributed by atoms with Gasteiger partial charge in [0.1, 0.15) is 12.6 Å². The zero-order chi connectivity index (χ0) is 23.2. The Labute approximate surface area is 182 Å². The molecule has 0 aliphatic carbocycles. The summed E-state index contributed by atoms with van der Waals surface area (Å²) in [5.41, 5.74) is -1.99. The Hall–Kier alpha value is -3.24. The highest BCUT2D eigenvalue weighted by Gasteiger charge is 2.60. The zero-order valence-electron chi connectivity index (χ0n) is 16.9. The summed E-state index contributed by atoms with van der Waals surface area (Å²) in [7, 11) is 0. The maximum absolute atomic E-state index is 12.8. The summed E-state index contributed by atoms with van der Waals surface area (Å²) in [5.74, 6) is -2.65. The van der Waals surface area contributed by atoms with Gasteiger partial charge in [0, 0.05) is 25.3 Å². The van der Waals surface area contributed by atoms with E-state index in [-0.39, 0.29) is 43.0 Å². The van der Waals surface area contributed by atoms with Crippen molar-refractivity contribution in [2.24, 2.45) is 0 Å². The average Bonchev–Trinajstić information content (AvgIpc) is 3.25. The number of hydroxylamine groups is 2. The van der Waals surface area contributed by atoms with Crippen LogP contribution >= 0.6 is 12.2 Å². The molecule has 0 radical (unpaired) electrons. The molecule has 3 atom stereocenters. The summed E-state index contributed by atoms with van der Waals surface area (Å²) in [6.45, 7) is 6.15. The smallest absolute Gasteiger partial charge is 0.435 e. The van der Waals surface area contributed by atoms with Crippen LogP contribution in [-0.2, 0) is 38.2 Å². The second kappa shape index (κ2) is 10.2. The molecule has 2 saturated heterocycles. The lowest BCUT2D eigenvalue weighted by Crippen LogP contribution is -2.57. The van der Waals surface area contributed by atoms with Crippen LogP contribution in [0.25, 0.3) is 0 Å².